The van der Waals surface area contributed by atoms with Crippen LogP contribution in [-0.4, -0.2) is 37.0 Å². The van der Waals surface area contributed by atoms with E-state index in [2.05, 4.69) is 25.7 Å². The molecule has 0 aliphatic rings. The zero-order chi connectivity index (χ0) is 12.6. The van der Waals surface area contributed by atoms with Crippen molar-refractivity contribution in [1.82, 2.24) is 4.90 Å². The van der Waals surface area contributed by atoms with E-state index in [1.807, 2.05) is 0 Å². The summed E-state index contributed by atoms with van der Waals surface area (Å²) in [4.78, 5) is 13.1. The van der Waals surface area contributed by atoms with Gasteiger partial charge in [0.1, 0.15) is 0 Å². The summed E-state index contributed by atoms with van der Waals surface area (Å²) >= 11 is 0. The van der Waals surface area contributed by atoms with Gasteiger partial charge in [0, 0.05) is 0 Å². The van der Waals surface area contributed by atoms with Crippen LogP contribution in [0.15, 0.2) is 0 Å². The lowest BCUT2D eigenvalue weighted by molar-refractivity contribution is -0.119. The van der Waals surface area contributed by atoms with E-state index in [1.54, 1.807) is 0 Å². The molecule has 4 nitrogen and oxygen atoms in total. The molecule has 0 aromatic carbocycles. The minimum Gasteiger partial charge on any atom is -0.369 e. The number of nitrogens with two attached hydrogens (primary N) is 2. The number of carbonyl (C=O) groups excluding carboxylic acids is 1. The van der Waals surface area contributed by atoms with E-state index in [4.69, 9.17) is 11.5 Å². The van der Waals surface area contributed by atoms with Gasteiger partial charge in [0.2, 0.25) is 5.91 Å². The Morgan fingerprint density at radius 1 is 1.31 bits per heavy atom. The number of hydrogen-bond donors (Lipinski definition) is 2. The highest BCUT2D eigenvalue weighted by Gasteiger charge is 2.17. The van der Waals surface area contributed by atoms with Crippen LogP contribution < -0.4 is 11.5 Å². The summed E-state index contributed by atoms with van der Waals surface area (Å²) < 4.78 is 0. The number of unbranched alkanes of at least 4 members (excludes halogenated alkanes) is 1. The SMILES string of the molecule is CCCCN(CCC(C)(C)CN)CC(N)=O. The van der Waals surface area contributed by atoms with Crippen molar-refractivity contribution in [2.45, 2.75) is 40.0 Å². The number of amides is 1. The molecule has 16 heavy (non-hydrogen) atoms. The first-order valence-corrected chi connectivity index (χ1v) is 6.12. The Hall–Kier alpha value is -0.610. The normalized spacial score (nSPS) is 12.1. The van der Waals surface area contributed by atoms with Gasteiger partial charge in [-0.2, -0.15) is 0 Å². The molecule has 0 saturated carbocycles. The van der Waals surface area contributed by atoms with Crippen LogP contribution >= 0.6 is 0 Å². The van der Waals surface area contributed by atoms with Crippen LogP contribution in [0.1, 0.15) is 40.0 Å². The van der Waals surface area contributed by atoms with Crippen LogP contribution in [-0.2, 0) is 4.79 Å². The quantitative estimate of drug-likeness (QED) is 0.618. The minimum absolute atomic E-state index is 0.141. The lowest BCUT2D eigenvalue weighted by Gasteiger charge is -2.27. The molecule has 0 spiro atoms. The fourth-order valence-corrected chi connectivity index (χ4v) is 1.43. The number of hydrogen-bond acceptors (Lipinski definition) is 3. The second kappa shape index (κ2) is 7.63. The molecular weight excluding hydrogens is 202 g/mol. The lowest BCUT2D eigenvalue weighted by atomic mass is 9.89. The third kappa shape index (κ3) is 7.65. The van der Waals surface area contributed by atoms with Crippen molar-refractivity contribution in [3.63, 3.8) is 0 Å². The summed E-state index contributed by atoms with van der Waals surface area (Å²) in [6, 6.07) is 0. The Morgan fingerprint density at radius 2 is 1.94 bits per heavy atom. The maximum atomic E-state index is 10.9. The van der Waals surface area contributed by atoms with Crippen molar-refractivity contribution in [3.05, 3.63) is 0 Å². The molecule has 0 atom stereocenters. The van der Waals surface area contributed by atoms with Crippen LogP contribution in [0.5, 0.6) is 0 Å². The van der Waals surface area contributed by atoms with E-state index in [1.165, 1.54) is 0 Å². The molecule has 4 heteroatoms. The molecule has 0 unspecified atom stereocenters. The van der Waals surface area contributed by atoms with Crippen molar-refractivity contribution in [3.8, 4) is 0 Å². The molecule has 0 aromatic rings. The molecule has 0 rings (SSSR count). The Bertz CT molecular complexity index is 204. The summed E-state index contributed by atoms with van der Waals surface area (Å²) in [5, 5.41) is 0. The van der Waals surface area contributed by atoms with Crippen LogP contribution in [0.2, 0.25) is 0 Å². The number of primary amides is 1. The summed E-state index contributed by atoms with van der Waals surface area (Å²) in [7, 11) is 0. The van der Waals surface area contributed by atoms with E-state index in [0.717, 1.165) is 32.4 Å². The third-order valence-electron chi connectivity index (χ3n) is 2.86. The average Bonchev–Trinajstić information content (AvgIpc) is 2.21. The number of nitrogens with zero attached hydrogens (tertiary/aromatic N) is 1. The summed E-state index contributed by atoms with van der Waals surface area (Å²) in [6.07, 6.45) is 3.24. The standard InChI is InChI=1S/C12H27N3O/c1-4-5-7-15(9-11(14)16)8-6-12(2,3)10-13/h4-10,13H2,1-3H3,(H2,14,16). The van der Waals surface area contributed by atoms with Crippen LogP contribution in [0.3, 0.4) is 0 Å². The van der Waals surface area contributed by atoms with E-state index < -0.39 is 0 Å². The topological polar surface area (TPSA) is 72.3 Å². The maximum absolute atomic E-state index is 10.9. The summed E-state index contributed by atoms with van der Waals surface area (Å²) in [6.45, 7) is 9.32. The van der Waals surface area contributed by atoms with Gasteiger partial charge in [0.15, 0.2) is 0 Å². The molecule has 0 heterocycles. The van der Waals surface area contributed by atoms with Gasteiger partial charge in [-0.15, -0.1) is 0 Å². The highest BCUT2D eigenvalue weighted by molar-refractivity contribution is 5.75. The molecule has 0 fully saturated rings. The van der Waals surface area contributed by atoms with Gasteiger partial charge in [-0.25, -0.2) is 0 Å². The molecule has 0 aromatic heterocycles. The molecule has 4 N–H and O–H groups in total. The fourth-order valence-electron chi connectivity index (χ4n) is 1.43. The van der Waals surface area contributed by atoms with E-state index >= 15 is 0 Å². The highest BCUT2D eigenvalue weighted by atomic mass is 16.1. The molecule has 0 radical (unpaired) electrons. The van der Waals surface area contributed by atoms with Gasteiger partial charge in [-0.1, -0.05) is 27.2 Å². The monoisotopic (exact) mass is 229 g/mol. The predicted octanol–water partition coefficient (Wildman–Crippen LogP) is 0.949. The van der Waals surface area contributed by atoms with Gasteiger partial charge >= 0.3 is 0 Å². The lowest BCUT2D eigenvalue weighted by Crippen LogP contribution is -2.37. The molecule has 0 aliphatic carbocycles. The molecule has 0 saturated heterocycles. The Morgan fingerprint density at radius 3 is 2.38 bits per heavy atom. The number of carbonyl (C=O) groups is 1. The van der Waals surface area contributed by atoms with E-state index in [9.17, 15) is 4.79 Å². The van der Waals surface area contributed by atoms with Gasteiger partial charge < -0.3 is 11.5 Å². The zero-order valence-electron chi connectivity index (χ0n) is 11.0. The highest BCUT2D eigenvalue weighted by Crippen LogP contribution is 2.18. The first-order valence-electron chi connectivity index (χ1n) is 6.12. The minimum atomic E-state index is -0.248. The first kappa shape index (κ1) is 15.4. The van der Waals surface area contributed by atoms with Crippen LogP contribution in [0.4, 0.5) is 0 Å². The predicted molar refractivity (Wildman–Crippen MR) is 68.0 cm³/mol. The second-order valence-corrected chi connectivity index (χ2v) is 5.21. The third-order valence-corrected chi connectivity index (χ3v) is 2.86. The maximum Gasteiger partial charge on any atom is 0.231 e. The van der Waals surface area contributed by atoms with Gasteiger partial charge in [-0.3, -0.25) is 9.69 Å². The largest absolute Gasteiger partial charge is 0.369 e. The molecular formula is C12H27N3O. The van der Waals surface area contributed by atoms with Gasteiger partial charge in [-0.05, 0) is 37.9 Å². The summed E-state index contributed by atoms with van der Waals surface area (Å²) in [5.74, 6) is -0.248. The molecule has 96 valence electrons. The average molecular weight is 229 g/mol. The van der Waals surface area contributed by atoms with Crippen molar-refractivity contribution in [2.75, 3.05) is 26.2 Å². The smallest absolute Gasteiger partial charge is 0.231 e. The molecule has 0 bridgehead atoms. The van der Waals surface area contributed by atoms with Gasteiger partial charge in [0.05, 0.1) is 6.54 Å². The zero-order valence-corrected chi connectivity index (χ0v) is 11.0. The first-order chi connectivity index (χ1) is 7.41. The molecule has 1 amide bonds. The van der Waals surface area contributed by atoms with Crippen LogP contribution in [0.25, 0.3) is 0 Å². The molecule has 0 aliphatic heterocycles. The Balaban J connectivity index is 4.04. The second-order valence-electron chi connectivity index (χ2n) is 5.21. The summed E-state index contributed by atoms with van der Waals surface area (Å²) in [5.41, 5.74) is 11.1. The van der Waals surface area contributed by atoms with Crippen molar-refractivity contribution in [2.24, 2.45) is 16.9 Å². The van der Waals surface area contributed by atoms with Gasteiger partial charge in [0.25, 0.3) is 0 Å². The van der Waals surface area contributed by atoms with E-state index in [0.29, 0.717) is 13.1 Å². The Kier molecular flexibility index (Phi) is 7.34. The van der Waals surface area contributed by atoms with Crippen molar-refractivity contribution >= 4 is 5.91 Å². The fraction of sp³-hybridized carbons (Fsp3) is 0.917. The van der Waals surface area contributed by atoms with Crippen molar-refractivity contribution < 1.29 is 4.79 Å². The van der Waals surface area contributed by atoms with Crippen LogP contribution in [0, 0.1) is 5.41 Å². The Labute approximate surface area is 99.4 Å². The number of rotatable bonds is 9. The van der Waals surface area contributed by atoms with E-state index in [-0.39, 0.29) is 11.3 Å². The van der Waals surface area contributed by atoms with Crippen molar-refractivity contribution in [1.29, 1.82) is 0 Å².